The Hall–Kier alpha value is -2.32. The van der Waals surface area contributed by atoms with E-state index in [1.807, 2.05) is 0 Å². The van der Waals surface area contributed by atoms with Crippen molar-refractivity contribution in [2.45, 2.75) is 38.8 Å². The molecule has 0 aliphatic carbocycles. The third-order valence-corrected chi connectivity index (χ3v) is 4.18. The highest BCUT2D eigenvalue weighted by molar-refractivity contribution is 5.93. The molecule has 2 aromatic rings. The van der Waals surface area contributed by atoms with Gasteiger partial charge in [-0.25, -0.2) is 9.97 Å². The van der Waals surface area contributed by atoms with E-state index in [0.717, 1.165) is 31.0 Å². The molecule has 1 amide bonds. The lowest BCUT2D eigenvalue weighted by molar-refractivity contribution is 0.0779. The van der Waals surface area contributed by atoms with Crippen LogP contribution in [0.1, 0.15) is 52.1 Å². The summed E-state index contributed by atoms with van der Waals surface area (Å²) in [6, 6.07) is 1.79. The molecule has 0 unspecified atom stereocenters. The lowest BCUT2D eigenvalue weighted by Crippen LogP contribution is -2.25. The van der Waals surface area contributed by atoms with E-state index in [-0.39, 0.29) is 24.1 Å². The van der Waals surface area contributed by atoms with Gasteiger partial charge in [0, 0.05) is 25.8 Å². The maximum absolute atomic E-state index is 12.4. The van der Waals surface area contributed by atoms with Gasteiger partial charge in [-0.15, -0.1) is 0 Å². The first-order valence-corrected chi connectivity index (χ1v) is 8.31. The van der Waals surface area contributed by atoms with Crippen LogP contribution in [0.15, 0.2) is 16.8 Å². The van der Waals surface area contributed by atoms with E-state index >= 15 is 0 Å². The quantitative estimate of drug-likeness (QED) is 0.850. The Kier molecular flexibility index (Phi) is 5.72. The number of hydrogen-bond donors (Lipinski definition) is 1. The first-order chi connectivity index (χ1) is 12.2. The number of hydrogen-bond acceptors (Lipinski definition) is 7. The second kappa shape index (κ2) is 8.17. The molecular formula is C17H22N4O4. The molecule has 8 heteroatoms. The predicted octanol–water partition coefficient (Wildman–Crippen LogP) is 1.74. The van der Waals surface area contributed by atoms with Crippen molar-refractivity contribution in [2.24, 2.45) is 0 Å². The summed E-state index contributed by atoms with van der Waals surface area (Å²) in [5.74, 6) is 1.25. The number of aromatic nitrogens is 3. The zero-order chi connectivity index (χ0) is 17.6. The molecule has 1 fully saturated rings. The number of aryl methyl sites for hydroxylation is 1. The summed E-state index contributed by atoms with van der Waals surface area (Å²) in [5, 5.41) is 6.64. The molecule has 1 N–H and O–H groups in total. The van der Waals surface area contributed by atoms with Crippen LogP contribution in [-0.2, 0) is 22.6 Å². The van der Waals surface area contributed by atoms with Crippen molar-refractivity contribution in [2.75, 3.05) is 20.3 Å². The van der Waals surface area contributed by atoms with Gasteiger partial charge in [0.1, 0.15) is 11.6 Å². The van der Waals surface area contributed by atoms with Crippen LogP contribution >= 0.6 is 0 Å². The van der Waals surface area contributed by atoms with Gasteiger partial charge in [0.05, 0.1) is 31.0 Å². The molecule has 2 aromatic heterocycles. The number of carbonyl (C=O) groups is 1. The van der Waals surface area contributed by atoms with Gasteiger partial charge in [0.15, 0.2) is 5.69 Å². The topological polar surface area (TPSA) is 99.4 Å². The average molecular weight is 346 g/mol. The minimum absolute atomic E-state index is 0.218. The van der Waals surface area contributed by atoms with Gasteiger partial charge in [0.25, 0.3) is 5.91 Å². The van der Waals surface area contributed by atoms with Gasteiger partial charge in [-0.1, -0.05) is 5.16 Å². The molecule has 0 radical (unpaired) electrons. The first kappa shape index (κ1) is 17.5. The molecule has 1 atom stereocenters. The lowest BCUT2D eigenvalue weighted by Gasteiger charge is -2.20. The number of methoxy groups -OCH3 is 1. The van der Waals surface area contributed by atoms with E-state index in [4.69, 9.17) is 14.0 Å². The van der Waals surface area contributed by atoms with Gasteiger partial charge < -0.3 is 19.3 Å². The van der Waals surface area contributed by atoms with Gasteiger partial charge in [-0.2, -0.15) is 0 Å². The van der Waals surface area contributed by atoms with E-state index in [1.54, 1.807) is 26.3 Å². The monoisotopic (exact) mass is 346 g/mol. The van der Waals surface area contributed by atoms with Gasteiger partial charge in [0.2, 0.25) is 0 Å². The minimum Gasteiger partial charge on any atom is -0.381 e. The number of ether oxygens (including phenoxy) is 2. The van der Waals surface area contributed by atoms with Crippen molar-refractivity contribution in [3.8, 4) is 0 Å². The zero-order valence-electron chi connectivity index (χ0n) is 14.4. The molecule has 3 rings (SSSR count). The van der Waals surface area contributed by atoms with E-state index in [0.29, 0.717) is 24.5 Å². The Labute approximate surface area is 145 Å². The van der Waals surface area contributed by atoms with E-state index in [2.05, 4.69) is 20.4 Å². The zero-order valence-corrected chi connectivity index (χ0v) is 14.4. The van der Waals surface area contributed by atoms with E-state index < -0.39 is 0 Å². The first-order valence-electron chi connectivity index (χ1n) is 8.31. The molecular weight excluding hydrogens is 324 g/mol. The molecule has 25 heavy (non-hydrogen) atoms. The molecule has 0 aromatic carbocycles. The van der Waals surface area contributed by atoms with Crippen molar-refractivity contribution in [1.82, 2.24) is 20.4 Å². The van der Waals surface area contributed by atoms with Crippen LogP contribution in [0.4, 0.5) is 0 Å². The largest absolute Gasteiger partial charge is 0.381 e. The van der Waals surface area contributed by atoms with Crippen LogP contribution in [0.2, 0.25) is 0 Å². The Balaban J connectivity index is 1.64. The third kappa shape index (κ3) is 4.21. The van der Waals surface area contributed by atoms with Crippen molar-refractivity contribution in [3.05, 3.63) is 40.8 Å². The second-order valence-electron chi connectivity index (χ2n) is 6.00. The molecule has 0 saturated carbocycles. The van der Waals surface area contributed by atoms with Crippen molar-refractivity contribution < 1.29 is 18.8 Å². The highest BCUT2D eigenvalue weighted by Crippen LogP contribution is 2.22. The molecule has 134 valence electrons. The van der Waals surface area contributed by atoms with Crippen molar-refractivity contribution in [3.63, 3.8) is 0 Å². The fourth-order valence-electron chi connectivity index (χ4n) is 2.79. The standard InChI is InChI=1S/C17H22N4O4/c1-11-14(10-23-2)15(21-25-11)17(22)19-8-13-5-6-18-16(20-13)12-4-3-7-24-9-12/h5-6,12H,3-4,7-10H2,1-2H3,(H,19,22)/t12-/m0/s1. The lowest BCUT2D eigenvalue weighted by atomic mass is 10.0. The summed E-state index contributed by atoms with van der Waals surface area (Å²) in [6.07, 6.45) is 3.76. The normalized spacial score (nSPS) is 17.4. The van der Waals surface area contributed by atoms with Crippen molar-refractivity contribution in [1.29, 1.82) is 0 Å². The fraction of sp³-hybridized carbons (Fsp3) is 0.529. The smallest absolute Gasteiger partial charge is 0.274 e. The van der Waals surface area contributed by atoms with Gasteiger partial charge in [-0.05, 0) is 25.8 Å². The van der Waals surface area contributed by atoms with Crippen LogP contribution in [-0.4, -0.2) is 41.4 Å². The highest BCUT2D eigenvalue weighted by atomic mass is 16.5. The van der Waals surface area contributed by atoms with Crippen LogP contribution in [0.25, 0.3) is 0 Å². The van der Waals surface area contributed by atoms with Crippen LogP contribution in [0.3, 0.4) is 0 Å². The van der Waals surface area contributed by atoms with Crippen LogP contribution in [0.5, 0.6) is 0 Å². The summed E-state index contributed by atoms with van der Waals surface area (Å²) < 4.78 is 15.7. The molecule has 0 spiro atoms. The Morgan fingerprint density at radius 3 is 3.12 bits per heavy atom. The highest BCUT2D eigenvalue weighted by Gasteiger charge is 2.21. The van der Waals surface area contributed by atoms with Crippen LogP contribution < -0.4 is 5.32 Å². The summed E-state index contributed by atoms with van der Waals surface area (Å²) in [5.41, 5.74) is 1.65. The number of rotatable bonds is 6. The molecule has 1 aliphatic heterocycles. The maximum Gasteiger partial charge on any atom is 0.274 e. The van der Waals surface area contributed by atoms with Crippen molar-refractivity contribution >= 4 is 5.91 Å². The summed E-state index contributed by atoms with van der Waals surface area (Å²) in [4.78, 5) is 21.3. The minimum atomic E-state index is -0.315. The molecule has 3 heterocycles. The number of nitrogens with one attached hydrogen (secondary N) is 1. The molecule has 8 nitrogen and oxygen atoms in total. The van der Waals surface area contributed by atoms with E-state index in [1.165, 1.54) is 0 Å². The summed E-state index contributed by atoms with van der Waals surface area (Å²) in [7, 11) is 1.56. The van der Waals surface area contributed by atoms with Crippen LogP contribution in [0, 0.1) is 6.92 Å². The predicted molar refractivity (Wildman–Crippen MR) is 87.9 cm³/mol. The fourth-order valence-corrected chi connectivity index (χ4v) is 2.79. The number of carbonyl (C=O) groups excluding carboxylic acids is 1. The molecule has 1 aliphatic rings. The number of amides is 1. The molecule has 1 saturated heterocycles. The summed E-state index contributed by atoms with van der Waals surface area (Å²) in [6.45, 7) is 3.76. The summed E-state index contributed by atoms with van der Waals surface area (Å²) >= 11 is 0. The number of nitrogens with zero attached hydrogens (tertiary/aromatic N) is 3. The third-order valence-electron chi connectivity index (χ3n) is 4.18. The van der Waals surface area contributed by atoms with Gasteiger partial charge in [-0.3, -0.25) is 4.79 Å². The molecule has 0 bridgehead atoms. The second-order valence-corrected chi connectivity index (χ2v) is 6.00. The average Bonchev–Trinajstić information content (AvgIpc) is 3.02. The Bertz CT molecular complexity index is 725. The Morgan fingerprint density at radius 1 is 1.48 bits per heavy atom. The Morgan fingerprint density at radius 2 is 2.36 bits per heavy atom. The van der Waals surface area contributed by atoms with E-state index in [9.17, 15) is 4.79 Å². The van der Waals surface area contributed by atoms with Gasteiger partial charge >= 0.3 is 0 Å². The SMILES string of the molecule is COCc1c(C(=O)NCc2ccnc([C@H]3CCCOC3)n2)noc1C. The maximum atomic E-state index is 12.4.